The quantitative estimate of drug-likeness (QED) is 0.688. The molecule has 1 aliphatic heterocycles. The molecule has 0 unspecified atom stereocenters. The average Bonchev–Trinajstić information content (AvgIpc) is 3.33. The number of hydrogen-bond acceptors (Lipinski definition) is 6. The first-order valence-corrected chi connectivity index (χ1v) is 9.57. The van der Waals surface area contributed by atoms with E-state index in [0.717, 1.165) is 55.6 Å². The second kappa shape index (κ2) is 7.46. The molecule has 1 saturated heterocycles. The van der Waals surface area contributed by atoms with E-state index in [1.807, 2.05) is 23.9 Å². The van der Waals surface area contributed by atoms with Gasteiger partial charge in [0.05, 0.1) is 12.9 Å². The number of anilines is 1. The summed E-state index contributed by atoms with van der Waals surface area (Å²) in [7, 11) is 2.06. The van der Waals surface area contributed by atoms with E-state index in [1.165, 1.54) is 5.56 Å². The number of rotatable bonds is 5. The van der Waals surface area contributed by atoms with Crippen molar-refractivity contribution >= 4 is 5.82 Å². The minimum atomic E-state index is 0.354. The summed E-state index contributed by atoms with van der Waals surface area (Å²) in [6, 6.07) is 0. The van der Waals surface area contributed by atoms with Crippen molar-refractivity contribution in [2.45, 2.75) is 45.6 Å². The number of hydrogen-bond donors (Lipinski definition) is 0. The Morgan fingerprint density at radius 2 is 2.15 bits per heavy atom. The molecule has 8 nitrogen and oxygen atoms in total. The Labute approximate surface area is 159 Å². The fourth-order valence-electron chi connectivity index (χ4n) is 3.80. The van der Waals surface area contributed by atoms with Crippen LogP contribution >= 0.6 is 0 Å². The largest absolute Gasteiger partial charge is 0.356 e. The highest BCUT2D eigenvalue weighted by molar-refractivity contribution is 5.47. The van der Waals surface area contributed by atoms with Crippen molar-refractivity contribution in [2.24, 2.45) is 7.05 Å². The zero-order valence-electron chi connectivity index (χ0n) is 16.2. The van der Waals surface area contributed by atoms with Gasteiger partial charge in [0.25, 0.3) is 0 Å². The summed E-state index contributed by atoms with van der Waals surface area (Å²) < 4.78 is 4.15. The predicted octanol–water partition coefficient (Wildman–Crippen LogP) is 2.10. The third-order valence-corrected chi connectivity index (χ3v) is 5.31. The minimum absolute atomic E-state index is 0.354. The van der Waals surface area contributed by atoms with E-state index in [1.54, 1.807) is 12.5 Å². The van der Waals surface area contributed by atoms with E-state index < -0.39 is 0 Å². The fourth-order valence-corrected chi connectivity index (χ4v) is 3.80. The maximum absolute atomic E-state index is 4.74. The number of aromatic nitrogens is 7. The van der Waals surface area contributed by atoms with Gasteiger partial charge in [-0.2, -0.15) is 0 Å². The van der Waals surface area contributed by atoms with Crippen LogP contribution in [0, 0.1) is 6.92 Å². The Kier molecular flexibility index (Phi) is 4.87. The zero-order valence-corrected chi connectivity index (χ0v) is 16.2. The van der Waals surface area contributed by atoms with E-state index in [-0.39, 0.29) is 0 Å². The van der Waals surface area contributed by atoms with E-state index in [9.17, 15) is 0 Å². The van der Waals surface area contributed by atoms with Crippen LogP contribution in [-0.2, 0) is 20.0 Å². The highest BCUT2D eigenvalue weighted by Gasteiger charge is 2.27. The molecule has 8 heteroatoms. The molecule has 1 aliphatic rings. The monoisotopic (exact) mass is 366 g/mol. The number of imidazole rings is 1. The highest BCUT2D eigenvalue weighted by Crippen LogP contribution is 2.30. The molecule has 0 N–H and O–H groups in total. The van der Waals surface area contributed by atoms with Crippen molar-refractivity contribution in [3.05, 3.63) is 48.0 Å². The lowest BCUT2D eigenvalue weighted by Gasteiger charge is -2.34. The second-order valence-corrected chi connectivity index (χ2v) is 7.17. The second-order valence-electron chi connectivity index (χ2n) is 7.17. The lowest BCUT2D eigenvalue weighted by Crippen LogP contribution is -2.36. The van der Waals surface area contributed by atoms with Gasteiger partial charge in [0, 0.05) is 50.2 Å². The van der Waals surface area contributed by atoms with Gasteiger partial charge in [-0.25, -0.2) is 15.0 Å². The minimum Gasteiger partial charge on any atom is -0.356 e. The molecule has 0 radical (unpaired) electrons. The summed E-state index contributed by atoms with van der Waals surface area (Å²) in [5.74, 6) is 4.26. The van der Waals surface area contributed by atoms with Crippen molar-refractivity contribution < 1.29 is 0 Å². The Morgan fingerprint density at radius 3 is 2.93 bits per heavy atom. The molecule has 1 fully saturated rings. The predicted molar refractivity (Wildman–Crippen MR) is 103 cm³/mol. The van der Waals surface area contributed by atoms with Crippen LogP contribution in [0.4, 0.5) is 5.82 Å². The smallest absolute Gasteiger partial charge is 0.152 e. The van der Waals surface area contributed by atoms with Crippen molar-refractivity contribution in [1.82, 2.24) is 34.3 Å². The SMILES string of the molecule is CCc1cnc(C)nc1N1CCC[C@@H](c2nnc(Cn3ccnc3)n2C)C1. The number of piperidine rings is 1. The normalized spacial score (nSPS) is 17.4. The number of aryl methyl sites for hydroxylation is 2. The molecule has 4 rings (SSSR count). The first kappa shape index (κ1) is 17.6. The lowest BCUT2D eigenvalue weighted by atomic mass is 9.96. The van der Waals surface area contributed by atoms with Crippen LogP contribution in [0.25, 0.3) is 0 Å². The van der Waals surface area contributed by atoms with Crippen molar-refractivity contribution in [2.75, 3.05) is 18.0 Å². The molecule has 4 heterocycles. The first-order valence-electron chi connectivity index (χ1n) is 9.57. The molecule has 0 spiro atoms. The third-order valence-electron chi connectivity index (χ3n) is 5.31. The van der Waals surface area contributed by atoms with E-state index in [2.05, 4.69) is 43.6 Å². The van der Waals surface area contributed by atoms with Crippen molar-refractivity contribution in [1.29, 1.82) is 0 Å². The Morgan fingerprint density at radius 1 is 1.26 bits per heavy atom. The van der Waals surface area contributed by atoms with Crippen LogP contribution < -0.4 is 4.90 Å². The van der Waals surface area contributed by atoms with Gasteiger partial charge in [0.15, 0.2) is 5.82 Å². The van der Waals surface area contributed by atoms with Gasteiger partial charge in [-0.1, -0.05) is 6.92 Å². The molecule has 0 saturated carbocycles. The molecule has 0 bridgehead atoms. The van der Waals surface area contributed by atoms with Crippen LogP contribution in [0.2, 0.25) is 0 Å². The fraction of sp³-hybridized carbons (Fsp3) is 0.526. The van der Waals surface area contributed by atoms with Crippen LogP contribution in [0.3, 0.4) is 0 Å². The molecular weight excluding hydrogens is 340 g/mol. The summed E-state index contributed by atoms with van der Waals surface area (Å²) in [6.07, 6.45) is 10.7. The Bertz CT molecular complexity index is 899. The van der Waals surface area contributed by atoms with Gasteiger partial charge in [0.2, 0.25) is 0 Å². The molecule has 0 amide bonds. The highest BCUT2D eigenvalue weighted by atomic mass is 15.3. The summed E-state index contributed by atoms with van der Waals surface area (Å²) in [4.78, 5) is 15.6. The molecule has 1 atom stereocenters. The van der Waals surface area contributed by atoms with E-state index in [4.69, 9.17) is 4.98 Å². The lowest BCUT2D eigenvalue weighted by molar-refractivity contribution is 0.474. The number of nitrogens with zero attached hydrogens (tertiary/aromatic N) is 8. The van der Waals surface area contributed by atoms with Crippen LogP contribution in [-0.4, -0.2) is 47.4 Å². The van der Waals surface area contributed by atoms with Gasteiger partial charge in [-0.15, -0.1) is 10.2 Å². The average molecular weight is 366 g/mol. The summed E-state index contributed by atoms with van der Waals surface area (Å²) in [6.45, 7) is 6.74. The van der Waals surface area contributed by atoms with E-state index in [0.29, 0.717) is 12.5 Å². The first-order chi connectivity index (χ1) is 13.2. The molecule has 142 valence electrons. The maximum atomic E-state index is 4.74. The summed E-state index contributed by atoms with van der Waals surface area (Å²) in [5, 5.41) is 8.96. The topological polar surface area (TPSA) is 77.6 Å². The van der Waals surface area contributed by atoms with E-state index >= 15 is 0 Å². The van der Waals surface area contributed by atoms with Gasteiger partial charge in [-0.3, -0.25) is 0 Å². The molecule has 0 aromatic carbocycles. The summed E-state index contributed by atoms with van der Waals surface area (Å²) >= 11 is 0. The molecule has 3 aromatic rings. The third kappa shape index (κ3) is 3.56. The van der Waals surface area contributed by atoms with Gasteiger partial charge < -0.3 is 14.0 Å². The van der Waals surface area contributed by atoms with Crippen LogP contribution in [0.5, 0.6) is 0 Å². The molecule has 0 aliphatic carbocycles. The maximum Gasteiger partial charge on any atom is 0.152 e. The van der Waals surface area contributed by atoms with Gasteiger partial charge in [-0.05, 0) is 26.2 Å². The van der Waals surface area contributed by atoms with Gasteiger partial charge in [0.1, 0.15) is 17.5 Å². The summed E-state index contributed by atoms with van der Waals surface area (Å²) in [5.41, 5.74) is 1.21. The van der Waals surface area contributed by atoms with Gasteiger partial charge >= 0.3 is 0 Å². The van der Waals surface area contributed by atoms with Crippen LogP contribution in [0.15, 0.2) is 24.9 Å². The molecule has 3 aromatic heterocycles. The molecule has 27 heavy (non-hydrogen) atoms. The Balaban J connectivity index is 1.55. The van der Waals surface area contributed by atoms with Crippen LogP contribution in [0.1, 0.15) is 48.7 Å². The van der Waals surface area contributed by atoms with Crippen molar-refractivity contribution in [3.63, 3.8) is 0 Å². The molecular formula is C19H26N8. The zero-order chi connectivity index (χ0) is 18.8. The Hall–Kier alpha value is -2.77. The standard InChI is InChI=1S/C19H26N8/c1-4-15-10-21-14(2)22-18(15)27-8-5-6-16(11-27)19-24-23-17(25(19)3)12-26-9-7-20-13-26/h7,9-10,13,16H,4-6,8,11-12H2,1-3H3/t16-/m1/s1. The van der Waals surface area contributed by atoms with Crippen molar-refractivity contribution in [3.8, 4) is 0 Å².